The Morgan fingerprint density at radius 1 is 1.08 bits per heavy atom. The van der Waals surface area contributed by atoms with Crippen LogP contribution in [0.2, 0.25) is 0 Å². The summed E-state index contributed by atoms with van der Waals surface area (Å²) < 4.78 is 5.37. The lowest BCUT2D eigenvalue weighted by molar-refractivity contribution is -0.147. The van der Waals surface area contributed by atoms with Crippen molar-refractivity contribution in [1.82, 2.24) is 5.32 Å². The molecule has 3 rings (SSSR count). The van der Waals surface area contributed by atoms with Crippen molar-refractivity contribution in [3.05, 3.63) is 59.7 Å². The number of ether oxygens (including phenoxy) is 1. The summed E-state index contributed by atoms with van der Waals surface area (Å²) in [5.41, 5.74) is 4.54. The van der Waals surface area contributed by atoms with Crippen LogP contribution >= 0.6 is 0 Å². The maximum absolute atomic E-state index is 12.0. The number of carbonyl (C=O) groups is 2. The maximum Gasteiger partial charge on any atom is 0.407 e. The van der Waals surface area contributed by atoms with E-state index in [0.29, 0.717) is 0 Å². The summed E-state index contributed by atoms with van der Waals surface area (Å²) >= 11 is 0. The smallest absolute Gasteiger partial charge is 0.407 e. The molecule has 0 heterocycles. The van der Waals surface area contributed by atoms with Gasteiger partial charge in [-0.05, 0) is 29.2 Å². The summed E-state index contributed by atoms with van der Waals surface area (Å²) in [5, 5.41) is 20.6. The first-order chi connectivity index (χ1) is 12.5. The quantitative estimate of drug-likeness (QED) is 0.740. The number of carbonyl (C=O) groups excluding carboxylic acids is 1. The van der Waals surface area contributed by atoms with E-state index in [0.717, 1.165) is 22.3 Å². The molecule has 0 saturated carbocycles. The third kappa shape index (κ3) is 3.70. The molecule has 2 atom stereocenters. The zero-order valence-corrected chi connectivity index (χ0v) is 14.4. The number of nitrogens with one attached hydrogen (secondary N) is 1. The molecule has 0 aromatic heterocycles. The Morgan fingerprint density at radius 2 is 1.62 bits per heavy atom. The van der Waals surface area contributed by atoms with Crippen molar-refractivity contribution in [1.29, 1.82) is 0 Å². The van der Waals surface area contributed by atoms with E-state index in [1.165, 1.54) is 0 Å². The van der Waals surface area contributed by atoms with Crippen molar-refractivity contribution in [3.8, 4) is 11.1 Å². The standard InChI is InChI=1S/C20H21NO5/c1-12(10-18(22)19(23)24)21-20(25)26-11-17-15-8-4-2-6-13(15)14-7-3-5-9-16(14)17/h2-9,12,17-18,22H,10-11H2,1H3,(H,21,25)(H,23,24). The fourth-order valence-electron chi connectivity index (χ4n) is 3.34. The second-order valence-corrected chi connectivity index (χ2v) is 6.46. The van der Waals surface area contributed by atoms with Crippen molar-refractivity contribution < 1.29 is 24.5 Å². The molecule has 0 saturated heterocycles. The van der Waals surface area contributed by atoms with Gasteiger partial charge in [0, 0.05) is 18.4 Å². The molecule has 0 fully saturated rings. The van der Waals surface area contributed by atoms with Gasteiger partial charge in [0.2, 0.25) is 0 Å². The number of hydrogen-bond acceptors (Lipinski definition) is 4. The Balaban J connectivity index is 1.63. The van der Waals surface area contributed by atoms with Gasteiger partial charge in [-0.2, -0.15) is 0 Å². The van der Waals surface area contributed by atoms with Crippen LogP contribution in [0.15, 0.2) is 48.5 Å². The van der Waals surface area contributed by atoms with Gasteiger partial charge in [-0.25, -0.2) is 9.59 Å². The van der Waals surface area contributed by atoms with Gasteiger partial charge in [-0.3, -0.25) is 0 Å². The average molecular weight is 355 g/mol. The second kappa shape index (κ2) is 7.58. The Kier molecular flexibility index (Phi) is 5.23. The normalized spacial score (nSPS) is 14.8. The van der Waals surface area contributed by atoms with Crippen molar-refractivity contribution in [2.24, 2.45) is 0 Å². The summed E-state index contributed by atoms with van der Waals surface area (Å²) in [5.74, 6) is -1.35. The number of amides is 1. The van der Waals surface area contributed by atoms with Crippen molar-refractivity contribution in [2.45, 2.75) is 31.4 Å². The van der Waals surface area contributed by atoms with Crippen molar-refractivity contribution in [2.75, 3.05) is 6.61 Å². The van der Waals surface area contributed by atoms with Crippen LogP contribution in [0, 0.1) is 0 Å². The Hall–Kier alpha value is -2.86. The molecule has 1 amide bonds. The van der Waals surface area contributed by atoms with Crippen LogP contribution in [-0.4, -0.2) is 41.0 Å². The molecule has 2 unspecified atom stereocenters. The molecule has 2 aromatic rings. The highest BCUT2D eigenvalue weighted by Crippen LogP contribution is 2.44. The predicted octanol–water partition coefficient (Wildman–Crippen LogP) is 2.75. The Bertz CT molecular complexity index is 774. The first kappa shape index (κ1) is 17.9. The Morgan fingerprint density at radius 3 is 2.15 bits per heavy atom. The number of aliphatic hydroxyl groups is 1. The first-order valence-electron chi connectivity index (χ1n) is 8.49. The van der Waals surface area contributed by atoms with Gasteiger partial charge in [0.15, 0.2) is 6.10 Å². The molecule has 136 valence electrons. The van der Waals surface area contributed by atoms with Gasteiger partial charge in [-0.1, -0.05) is 48.5 Å². The third-order valence-electron chi connectivity index (χ3n) is 4.57. The minimum Gasteiger partial charge on any atom is -0.479 e. The van der Waals surface area contributed by atoms with Crippen LogP contribution in [0.3, 0.4) is 0 Å². The molecule has 0 spiro atoms. The molecular formula is C20H21NO5. The number of aliphatic carboxylic acids is 1. The van der Waals surface area contributed by atoms with Gasteiger partial charge in [-0.15, -0.1) is 0 Å². The largest absolute Gasteiger partial charge is 0.479 e. The van der Waals surface area contributed by atoms with E-state index in [2.05, 4.69) is 17.4 Å². The lowest BCUT2D eigenvalue weighted by atomic mass is 9.98. The summed E-state index contributed by atoms with van der Waals surface area (Å²) in [6.45, 7) is 1.81. The fourth-order valence-corrected chi connectivity index (χ4v) is 3.34. The fraction of sp³-hybridized carbons (Fsp3) is 0.300. The van der Waals surface area contributed by atoms with E-state index in [4.69, 9.17) is 9.84 Å². The predicted molar refractivity (Wildman–Crippen MR) is 95.9 cm³/mol. The number of aliphatic hydroxyl groups excluding tert-OH is 1. The van der Waals surface area contributed by atoms with E-state index in [-0.39, 0.29) is 18.9 Å². The molecule has 1 aliphatic rings. The SMILES string of the molecule is CC(CC(O)C(=O)O)NC(=O)OCC1c2ccccc2-c2ccccc21. The number of hydrogen-bond donors (Lipinski definition) is 3. The summed E-state index contributed by atoms with van der Waals surface area (Å²) in [7, 11) is 0. The number of rotatable bonds is 6. The third-order valence-corrected chi connectivity index (χ3v) is 4.57. The minimum absolute atomic E-state index is 0.0342. The van der Waals surface area contributed by atoms with Gasteiger partial charge in [0.1, 0.15) is 6.61 Å². The number of carboxylic acids is 1. The molecule has 26 heavy (non-hydrogen) atoms. The summed E-state index contributed by atoms with van der Waals surface area (Å²) in [6, 6.07) is 15.6. The molecule has 6 nitrogen and oxygen atoms in total. The average Bonchev–Trinajstić information content (AvgIpc) is 2.93. The van der Waals surface area contributed by atoms with E-state index >= 15 is 0 Å². The van der Waals surface area contributed by atoms with E-state index in [9.17, 15) is 14.7 Å². The van der Waals surface area contributed by atoms with Gasteiger partial charge in [0.25, 0.3) is 0 Å². The molecule has 6 heteroatoms. The molecule has 1 aliphatic carbocycles. The number of benzene rings is 2. The first-order valence-corrected chi connectivity index (χ1v) is 8.49. The van der Waals surface area contributed by atoms with Crippen LogP contribution in [0.1, 0.15) is 30.4 Å². The zero-order chi connectivity index (χ0) is 18.7. The zero-order valence-electron chi connectivity index (χ0n) is 14.4. The van der Waals surface area contributed by atoms with Crippen LogP contribution < -0.4 is 5.32 Å². The van der Waals surface area contributed by atoms with E-state index in [1.54, 1.807) is 6.92 Å². The van der Waals surface area contributed by atoms with Gasteiger partial charge in [0.05, 0.1) is 0 Å². The van der Waals surface area contributed by atoms with E-state index in [1.807, 2.05) is 36.4 Å². The lowest BCUT2D eigenvalue weighted by Gasteiger charge is -2.18. The van der Waals surface area contributed by atoms with Crippen LogP contribution in [-0.2, 0) is 9.53 Å². The van der Waals surface area contributed by atoms with Gasteiger partial charge >= 0.3 is 12.1 Å². The molecular weight excluding hydrogens is 334 g/mol. The van der Waals surface area contributed by atoms with Crippen LogP contribution in [0.5, 0.6) is 0 Å². The number of fused-ring (bicyclic) bond motifs is 3. The highest BCUT2D eigenvalue weighted by atomic mass is 16.5. The molecule has 2 aromatic carbocycles. The van der Waals surface area contributed by atoms with Gasteiger partial charge < -0.3 is 20.3 Å². The van der Waals surface area contributed by atoms with Crippen molar-refractivity contribution >= 4 is 12.1 Å². The Labute approximate surface area is 151 Å². The highest BCUT2D eigenvalue weighted by Gasteiger charge is 2.29. The monoisotopic (exact) mass is 355 g/mol. The van der Waals surface area contributed by atoms with Crippen LogP contribution in [0.25, 0.3) is 11.1 Å². The van der Waals surface area contributed by atoms with Crippen LogP contribution in [0.4, 0.5) is 4.79 Å². The summed E-state index contributed by atoms with van der Waals surface area (Å²) in [4.78, 5) is 22.7. The molecule has 0 bridgehead atoms. The van der Waals surface area contributed by atoms with E-state index < -0.39 is 24.2 Å². The number of carboxylic acid groups (broad SMARTS) is 1. The second-order valence-electron chi connectivity index (χ2n) is 6.46. The lowest BCUT2D eigenvalue weighted by Crippen LogP contribution is -2.37. The molecule has 3 N–H and O–H groups in total. The topological polar surface area (TPSA) is 95.9 Å². The molecule has 0 radical (unpaired) electrons. The highest BCUT2D eigenvalue weighted by molar-refractivity contribution is 5.79. The molecule has 0 aliphatic heterocycles. The number of alkyl carbamates (subject to hydrolysis) is 1. The maximum atomic E-state index is 12.0. The van der Waals surface area contributed by atoms with Crippen molar-refractivity contribution in [3.63, 3.8) is 0 Å². The minimum atomic E-state index is -1.51. The summed E-state index contributed by atoms with van der Waals surface area (Å²) in [6.07, 6.45) is -2.23.